The lowest BCUT2D eigenvalue weighted by molar-refractivity contribution is 0.436. The highest BCUT2D eigenvalue weighted by Crippen LogP contribution is 2.62. The highest BCUT2D eigenvalue weighted by Gasteiger charge is 2.52. The van der Waals surface area contributed by atoms with E-state index in [1.54, 1.807) is 0 Å². The van der Waals surface area contributed by atoms with Gasteiger partial charge in [-0.2, -0.15) is 0 Å². The van der Waals surface area contributed by atoms with Crippen LogP contribution in [-0.2, 0) is 5.41 Å². The van der Waals surface area contributed by atoms with Crippen molar-refractivity contribution in [2.75, 3.05) is 0 Å². The Bertz CT molecular complexity index is 4420. The van der Waals surface area contributed by atoms with Gasteiger partial charge in [-0.15, -0.1) is 0 Å². The zero-order chi connectivity index (χ0) is 46.4. The van der Waals surface area contributed by atoms with Gasteiger partial charge in [0, 0.05) is 67.6 Å². The lowest BCUT2D eigenvalue weighted by Gasteiger charge is -2.39. The third kappa shape index (κ3) is 5.13. The number of rotatable bonds is 4. The van der Waals surface area contributed by atoms with Crippen molar-refractivity contribution in [3.05, 3.63) is 253 Å². The molecule has 2 aliphatic rings. The Morgan fingerprint density at radius 1 is 0.324 bits per heavy atom. The summed E-state index contributed by atoms with van der Waals surface area (Å²) >= 11 is 0. The quantitative estimate of drug-likeness (QED) is 0.176. The van der Waals surface area contributed by atoms with Gasteiger partial charge in [0.05, 0.1) is 61.8 Å². The smallest absolute Gasteiger partial charge is 0.137 e. The molecule has 1 aliphatic carbocycles. The van der Waals surface area contributed by atoms with Crippen LogP contribution in [0.1, 0.15) is 22.3 Å². The van der Waals surface area contributed by atoms with Crippen molar-refractivity contribution in [1.82, 2.24) is 28.7 Å². The molecule has 16 rings (SSSR count). The summed E-state index contributed by atoms with van der Waals surface area (Å²) in [5.41, 5.74) is 16.4. The van der Waals surface area contributed by atoms with Crippen molar-refractivity contribution < 1.29 is 4.74 Å². The maximum atomic E-state index is 7.14. The normalized spacial score (nSPS) is 13.3. The van der Waals surface area contributed by atoms with E-state index in [1.807, 2.05) is 18.6 Å². The van der Waals surface area contributed by atoms with Gasteiger partial charge in [-0.25, -0.2) is 4.98 Å². The summed E-state index contributed by atoms with van der Waals surface area (Å²) in [6.07, 6.45) is 5.76. The molecule has 330 valence electrons. The number of aromatic nitrogens is 6. The molecule has 0 unspecified atom stereocenters. The van der Waals surface area contributed by atoms with Gasteiger partial charge in [0.25, 0.3) is 0 Å². The van der Waals surface area contributed by atoms with E-state index in [0.29, 0.717) is 0 Å². The molecule has 7 heteroatoms. The first-order chi connectivity index (χ1) is 35.2. The maximum Gasteiger partial charge on any atom is 0.137 e. The SMILES string of the molecule is c1cnc2c(c1)C1(c3ccc(-n4c5ccccc5c5ccccc54)cc3Oc3ccc(-c4ccc5c(c4)c4ccccc4n5-c4ccc(-n5c6ccccc6c6ccccc65)nc4)cc31)c1cccnc1-2. The average molecular weight is 907 g/mol. The van der Waals surface area contributed by atoms with Crippen molar-refractivity contribution >= 4 is 65.4 Å². The first-order valence-corrected chi connectivity index (χ1v) is 24.1. The minimum Gasteiger partial charge on any atom is -0.457 e. The molecule has 0 fully saturated rings. The number of ether oxygens (including phenoxy) is 1. The molecular weight excluding hydrogens is 869 g/mol. The Morgan fingerprint density at radius 2 is 0.817 bits per heavy atom. The van der Waals surface area contributed by atoms with Crippen molar-refractivity contribution in [3.8, 4) is 51.2 Å². The number of pyridine rings is 3. The summed E-state index contributed by atoms with van der Waals surface area (Å²) in [4.78, 5) is 15.2. The highest BCUT2D eigenvalue weighted by atomic mass is 16.5. The molecule has 0 radical (unpaired) electrons. The summed E-state index contributed by atoms with van der Waals surface area (Å²) < 4.78 is 14.1. The topological polar surface area (TPSA) is 62.7 Å². The van der Waals surface area contributed by atoms with Crippen LogP contribution in [0.4, 0.5) is 0 Å². The fourth-order valence-corrected chi connectivity index (χ4v) is 12.4. The van der Waals surface area contributed by atoms with Crippen LogP contribution in [0.3, 0.4) is 0 Å². The molecule has 1 aliphatic heterocycles. The van der Waals surface area contributed by atoms with Crippen LogP contribution in [0.15, 0.2) is 231 Å². The molecule has 14 aromatic rings. The predicted octanol–water partition coefficient (Wildman–Crippen LogP) is 15.3. The fraction of sp³-hybridized carbons (Fsp3) is 0.0156. The molecule has 0 bridgehead atoms. The van der Waals surface area contributed by atoms with Gasteiger partial charge in [0.1, 0.15) is 17.3 Å². The van der Waals surface area contributed by atoms with Gasteiger partial charge in [0.2, 0.25) is 0 Å². The van der Waals surface area contributed by atoms with Crippen molar-refractivity contribution in [1.29, 1.82) is 0 Å². The van der Waals surface area contributed by atoms with Gasteiger partial charge >= 0.3 is 0 Å². The van der Waals surface area contributed by atoms with Crippen LogP contribution in [0.5, 0.6) is 11.5 Å². The standard InChI is InChI=1S/C64H38N6O/c1-6-20-53-43(13-1)44-14-2-7-21-54(44)68(53)41-27-29-49-60(37-41)71-59-31-26-40(36-52(59)64(49)50-18-11-33-65-62(50)63-51(64)19-12-34-66-63)39-25-30-58-48(35-39)47-17-5-8-22-55(47)69(58)42-28-32-61(67-38-42)70-56-23-9-3-15-45(56)46-16-4-10-24-57(46)70/h1-38H. The van der Waals surface area contributed by atoms with Crippen molar-refractivity contribution in [2.24, 2.45) is 0 Å². The molecule has 0 saturated carbocycles. The molecule has 0 saturated heterocycles. The molecular formula is C64H38N6O. The second-order valence-electron chi connectivity index (χ2n) is 18.7. The maximum absolute atomic E-state index is 7.14. The number of benzene rings is 8. The van der Waals surface area contributed by atoms with Gasteiger partial charge in [-0.3, -0.25) is 14.5 Å². The largest absolute Gasteiger partial charge is 0.457 e. The van der Waals surface area contributed by atoms with E-state index < -0.39 is 5.41 Å². The van der Waals surface area contributed by atoms with Crippen molar-refractivity contribution in [2.45, 2.75) is 5.41 Å². The first kappa shape index (κ1) is 38.4. The van der Waals surface area contributed by atoms with E-state index in [1.165, 1.54) is 32.3 Å². The predicted molar refractivity (Wildman–Crippen MR) is 286 cm³/mol. The Kier molecular flexibility index (Phi) is 7.69. The summed E-state index contributed by atoms with van der Waals surface area (Å²) in [5.74, 6) is 2.50. The summed E-state index contributed by atoms with van der Waals surface area (Å²) in [6.45, 7) is 0. The summed E-state index contributed by atoms with van der Waals surface area (Å²) in [5, 5.41) is 7.22. The van der Waals surface area contributed by atoms with Crippen LogP contribution < -0.4 is 4.74 Å². The molecule has 1 spiro atoms. The number of para-hydroxylation sites is 5. The molecule has 71 heavy (non-hydrogen) atoms. The van der Waals surface area contributed by atoms with Gasteiger partial charge in [-0.1, -0.05) is 121 Å². The van der Waals surface area contributed by atoms with E-state index in [0.717, 1.165) is 107 Å². The minimum absolute atomic E-state index is 0.746. The van der Waals surface area contributed by atoms with E-state index in [-0.39, 0.29) is 0 Å². The number of hydrogen-bond donors (Lipinski definition) is 0. The second kappa shape index (κ2) is 14.2. The summed E-state index contributed by atoms with van der Waals surface area (Å²) in [6, 6.07) is 76.2. The molecule has 7 heterocycles. The van der Waals surface area contributed by atoms with E-state index in [4.69, 9.17) is 19.7 Å². The number of hydrogen-bond acceptors (Lipinski definition) is 4. The molecule has 7 nitrogen and oxygen atoms in total. The molecule has 0 amide bonds. The molecule has 0 atom stereocenters. The average Bonchev–Trinajstić information content (AvgIpc) is 4.15. The van der Waals surface area contributed by atoms with Crippen LogP contribution in [0.25, 0.3) is 105 Å². The minimum atomic E-state index is -0.746. The number of nitrogens with zero attached hydrogens (tertiary/aromatic N) is 6. The van der Waals surface area contributed by atoms with Crippen LogP contribution in [0, 0.1) is 0 Å². The van der Waals surface area contributed by atoms with E-state index in [2.05, 4.69) is 226 Å². The third-order valence-corrected chi connectivity index (χ3v) is 15.3. The monoisotopic (exact) mass is 906 g/mol. The Labute approximate surface area is 406 Å². The Morgan fingerprint density at radius 3 is 1.39 bits per heavy atom. The lowest BCUT2D eigenvalue weighted by atomic mass is 9.66. The van der Waals surface area contributed by atoms with Crippen LogP contribution in [0.2, 0.25) is 0 Å². The van der Waals surface area contributed by atoms with Crippen molar-refractivity contribution in [3.63, 3.8) is 0 Å². The van der Waals surface area contributed by atoms with Crippen LogP contribution >= 0.6 is 0 Å². The molecule has 8 aromatic carbocycles. The Hall–Kier alpha value is -9.59. The number of fused-ring (bicyclic) bond motifs is 18. The highest BCUT2D eigenvalue weighted by molar-refractivity contribution is 6.12. The lowest BCUT2D eigenvalue weighted by Crippen LogP contribution is -2.32. The fourth-order valence-electron chi connectivity index (χ4n) is 12.4. The summed E-state index contributed by atoms with van der Waals surface area (Å²) in [7, 11) is 0. The zero-order valence-corrected chi connectivity index (χ0v) is 38.0. The van der Waals surface area contributed by atoms with E-state index in [9.17, 15) is 0 Å². The van der Waals surface area contributed by atoms with Gasteiger partial charge < -0.3 is 13.9 Å². The Balaban J connectivity index is 0.855. The molecule has 0 N–H and O–H groups in total. The van der Waals surface area contributed by atoms with Gasteiger partial charge in [-0.05, 0) is 107 Å². The molecule has 6 aromatic heterocycles. The first-order valence-electron chi connectivity index (χ1n) is 24.1. The van der Waals surface area contributed by atoms with Gasteiger partial charge in [0.15, 0.2) is 0 Å². The van der Waals surface area contributed by atoms with E-state index >= 15 is 0 Å². The third-order valence-electron chi connectivity index (χ3n) is 15.3. The zero-order valence-electron chi connectivity index (χ0n) is 38.0. The van der Waals surface area contributed by atoms with Crippen LogP contribution in [-0.4, -0.2) is 28.7 Å². The second-order valence-corrected chi connectivity index (χ2v) is 18.7.